The van der Waals surface area contributed by atoms with Crippen molar-refractivity contribution in [2.75, 3.05) is 18.0 Å². The van der Waals surface area contributed by atoms with Crippen molar-refractivity contribution >= 4 is 11.7 Å². The molecule has 0 unspecified atom stereocenters. The molecule has 0 spiro atoms. The van der Waals surface area contributed by atoms with Crippen molar-refractivity contribution in [1.29, 1.82) is 0 Å². The molecule has 116 valence electrons. The summed E-state index contributed by atoms with van der Waals surface area (Å²) in [5.74, 6) is -0.231. The van der Waals surface area contributed by atoms with E-state index in [4.69, 9.17) is 0 Å². The molecule has 2 amide bonds. The molecule has 1 aliphatic rings. The summed E-state index contributed by atoms with van der Waals surface area (Å²) in [5, 5.41) is 6.99. The van der Waals surface area contributed by atoms with Gasteiger partial charge in [0.05, 0.1) is 11.9 Å². The highest BCUT2D eigenvalue weighted by Crippen LogP contribution is 2.28. The molecule has 1 aliphatic heterocycles. The Morgan fingerprint density at radius 3 is 3.09 bits per heavy atom. The van der Waals surface area contributed by atoms with Crippen molar-refractivity contribution in [2.45, 2.75) is 19.3 Å². The van der Waals surface area contributed by atoms with Gasteiger partial charge in [-0.1, -0.05) is 6.07 Å². The number of aromatic nitrogens is 2. The van der Waals surface area contributed by atoms with Gasteiger partial charge in [0, 0.05) is 31.9 Å². The normalized spacial score (nSPS) is 13.8. The first-order valence-electron chi connectivity index (χ1n) is 7.45. The number of urea groups is 1. The van der Waals surface area contributed by atoms with E-state index >= 15 is 0 Å². The average molecular weight is 302 g/mol. The third-order valence-electron chi connectivity index (χ3n) is 3.89. The lowest BCUT2D eigenvalue weighted by molar-refractivity contribution is 0.246. The van der Waals surface area contributed by atoms with Crippen molar-refractivity contribution in [3.8, 4) is 0 Å². The van der Waals surface area contributed by atoms with Crippen LogP contribution < -0.4 is 10.2 Å². The van der Waals surface area contributed by atoms with Gasteiger partial charge in [0.15, 0.2) is 0 Å². The minimum atomic E-state index is -0.231. The van der Waals surface area contributed by atoms with Gasteiger partial charge in [-0.05, 0) is 37.0 Å². The largest absolute Gasteiger partial charge is 0.337 e. The van der Waals surface area contributed by atoms with E-state index < -0.39 is 0 Å². The van der Waals surface area contributed by atoms with Gasteiger partial charge in [-0.2, -0.15) is 5.10 Å². The lowest BCUT2D eigenvalue weighted by atomic mass is 10.0. The van der Waals surface area contributed by atoms with Gasteiger partial charge < -0.3 is 5.32 Å². The smallest absolute Gasteiger partial charge is 0.321 e. The van der Waals surface area contributed by atoms with Crippen LogP contribution in [-0.2, 0) is 19.9 Å². The maximum atomic E-state index is 13.8. The SMILES string of the molecule is Cn1cc(CCNC(=O)N2CCCc3c(F)cccc32)cn1. The molecule has 1 aromatic heterocycles. The molecule has 0 saturated heterocycles. The number of rotatable bonds is 3. The van der Waals surface area contributed by atoms with Gasteiger partial charge >= 0.3 is 6.03 Å². The summed E-state index contributed by atoms with van der Waals surface area (Å²) in [4.78, 5) is 14.0. The van der Waals surface area contributed by atoms with Crippen LogP contribution >= 0.6 is 0 Å². The third kappa shape index (κ3) is 2.95. The van der Waals surface area contributed by atoms with E-state index in [-0.39, 0.29) is 11.8 Å². The first-order chi connectivity index (χ1) is 10.6. The predicted molar refractivity (Wildman–Crippen MR) is 82.4 cm³/mol. The van der Waals surface area contributed by atoms with E-state index in [9.17, 15) is 9.18 Å². The summed E-state index contributed by atoms with van der Waals surface area (Å²) in [6.45, 7) is 1.15. The van der Waals surface area contributed by atoms with Crippen molar-refractivity contribution in [1.82, 2.24) is 15.1 Å². The molecule has 2 aromatic rings. The molecule has 22 heavy (non-hydrogen) atoms. The van der Waals surface area contributed by atoms with Gasteiger partial charge in [-0.25, -0.2) is 9.18 Å². The third-order valence-corrected chi connectivity index (χ3v) is 3.89. The van der Waals surface area contributed by atoms with E-state index in [1.807, 2.05) is 13.2 Å². The second-order valence-electron chi connectivity index (χ2n) is 5.50. The molecule has 0 saturated carbocycles. The van der Waals surface area contributed by atoms with Crippen molar-refractivity contribution in [2.24, 2.45) is 7.05 Å². The number of nitrogens with zero attached hydrogens (tertiary/aromatic N) is 3. The second kappa shape index (κ2) is 6.17. The number of hydrogen-bond donors (Lipinski definition) is 1. The van der Waals surface area contributed by atoms with Gasteiger partial charge in [0.25, 0.3) is 0 Å². The monoisotopic (exact) mass is 302 g/mol. The van der Waals surface area contributed by atoms with E-state index in [0.29, 0.717) is 30.8 Å². The molecular weight excluding hydrogens is 283 g/mol. The van der Waals surface area contributed by atoms with E-state index in [2.05, 4.69) is 10.4 Å². The van der Waals surface area contributed by atoms with Crippen LogP contribution in [-0.4, -0.2) is 28.9 Å². The summed E-state index contributed by atoms with van der Waals surface area (Å²) in [6.07, 6.45) is 5.91. The van der Waals surface area contributed by atoms with Gasteiger partial charge in [0.1, 0.15) is 5.82 Å². The average Bonchev–Trinajstić information content (AvgIpc) is 2.92. The predicted octanol–water partition coefficient (Wildman–Crippen LogP) is 2.26. The number of hydrogen-bond acceptors (Lipinski definition) is 2. The molecule has 0 aliphatic carbocycles. The number of carbonyl (C=O) groups is 1. The quantitative estimate of drug-likeness (QED) is 0.945. The number of benzene rings is 1. The standard InChI is InChI=1S/C16H19FN4O/c1-20-11-12(10-19-20)7-8-18-16(22)21-9-3-4-13-14(17)5-2-6-15(13)21/h2,5-6,10-11H,3-4,7-9H2,1H3,(H,18,22). The van der Waals surface area contributed by atoms with Crippen molar-refractivity contribution in [3.05, 3.63) is 47.5 Å². The van der Waals surface area contributed by atoms with Gasteiger partial charge in [-0.3, -0.25) is 9.58 Å². The number of amides is 2. The Labute approximate surface area is 128 Å². The molecule has 1 N–H and O–H groups in total. The molecule has 5 nitrogen and oxygen atoms in total. The Bertz CT molecular complexity index is 683. The van der Waals surface area contributed by atoms with E-state index in [1.165, 1.54) is 6.07 Å². The van der Waals surface area contributed by atoms with Crippen LogP contribution in [0.15, 0.2) is 30.6 Å². The van der Waals surface area contributed by atoms with Crippen molar-refractivity contribution in [3.63, 3.8) is 0 Å². The maximum Gasteiger partial charge on any atom is 0.321 e. The van der Waals surface area contributed by atoms with Crippen LogP contribution in [0.1, 0.15) is 17.5 Å². The number of carbonyl (C=O) groups excluding carboxylic acids is 1. The summed E-state index contributed by atoms with van der Waals surface area (Å²) in [5.41, 5.74) is 2.40. The molecule has 1 aromatic carbocycles. The lowest BCUT2D eigenvalue weighted by Gasteiger charge is -2.29. The van der Waals surface area contributed by atoms with Crippen LogP contribution in [0, 0.1) is 5.82 Å². The fourth-order valence-corrected chi connectivity index (χ4v) is 2.80. The topological polar surface area (TPSA) is 50.2 Å². The van der Waals surface area contributed by atoms with Crippen LogP contribution in [0.2, 0.25) is 0 Å². The van der Waals surface area contributed by atoms with E-state index in [0.717, 1.165) is 18.4 Å². The molecule has 0 atom stereocenters. The molecular formula is C16H19FN4O. The number of fused-ring (bicyclic) bond motifs is 1. The first kappa shape index (κ1) is 14.6. The van der Waals surface area contributed by atoms with Crippen LogP contribution in [0.3, 0.4) is 0 Å². The van der Waals surface area contributed by atoms with Gasteiger partial charge in [-0.15, -0.1) is 0 Å². The maximum absolute atomic E-state index is 13.8. The van der Waals surface area contributed by atoms with Crippen LogP contribution in [0.5, 0.6) is 0 Å². The van der Waals surface area contributed by atoms with Crippen LogP contribution in [0.4, 0.5) is 14.9 Å². The Balaban J connectivity index is 1.63. The highest BCUT2D eigenvalue weighted by Gasteiger charge is 2.24. The molecule has 2 heterocycles. The summed E-state index contributed by atoms with van der Waals surface area (Å²) in [6, 6.07) is 4.73. The number of anilines is 1. The molecule has 0 bridgehead atoms. The zero-order chi connectivity index (χ0) is 15.5. The fourth-order valence-electron chi connectivity index (χ4n) is 2.80. The molecule has 0 fully saturated rings. The molecule has 3 rings (SSSR count). The first-order valence-corrected chi connectivity index (χ1v) is 7.45. The Kier molecular flexibility index (Phi) is 4.09. The Morgan fingerprint density at radius 2 is 2.32 bits per heavy atom. The second-order valence-corrected chi connectivity index (χ2v) is 5.50. The zero-order valence-corrected chi connectivity index (χ0v) is 12.6. The Hall–Kier alpha value is -2.37. The van der Waals surface area contributed by atoms with Crippen LogP contribution in [0.25, 0.3) is 0 Å². The van der Waals surface area contributed by atoms with E-state index in [1.54, 1.807) is 27.9 Å². The van der Waals surface area contributed by atoms with Crippen molar-refractivity contribution < 1.29 is 9.18 Å². The molecule has 6 heteroatoms. The summed E-state index contributed by atoms with van der Waals surface area (Å²) in [7, 11) is 1.86. The summed E-state index contributed by atoms with van der Waals surface area (Å²) >= 11 is 0. The number of aryl methyl sites for hydroxylation is 1. The number of halogens is 1. The fraction of sp³-hybridized carbons (Fsp3) is 0.375. The highest BCUT2D eigenvalue weighted by molar-refractivity contribution is 5.93. The zero-order valence-electron chi connectivity index (χ0n) is 12.6. The number of nitrogens with one attached hydrogen (secondary N) is 1. The van der Waals surface area contributed by atoms with Gasteiger partial charge in [0.2, 0.25) is 0 Å². The molecule has 0 radical (unpaired) electrons. The minimum Gasteiger partial charge on any atom is -0.337 e. The highest BCUT2D eigenvalue weighted by atomic mass is 19.1. The summed E-state index contributed by atoms with van der Waals surface area (Å²) < 4.78 is 15.6. The Morgan fingerprint density at radius 1 is 1.45 bits per heavy atom. The minimum absolute atomic E-state index is 0.171. The lowest BCUT2D eigenvalue weighted by Crippen LogP contribution is -2.43.